The summed E-state index contributed by atoms with van der Waals surface area (Å²) in [6, 6.07) is -0.417. The van der Waals surface area contributed by atoms with Crippen molar-refractivity contribution >= 4 is 0 Å². The molecule has 1 aromatic rings. The second-order valence-electron chi connectivity index (χ2n) is 5.91. The van der Waals surface area contributed by atoms with Gasteiger partial charge in [-0.15, -0.1) is 0 Å². The van der Waals surface area contributed by atoms with Crippen molar-refractivity contribution in [3.8, 4) is 5.75 Å². The van der Waals surface area contributed by atoms with Gasteiger partial charge in [0, 0.05) is 37.8 Å². The van der Waals surface area contributed by atoms with Crippen LogP contribution in [0.5, 0.6) is 5.75 Å². The summed E-state index contributed by atoms with van der Waals surface area (Å²) in [6.07, 6.45) is -10.3. The molecule has 1 atom stereocenters. The summed E-state index contributed by atoms with van der Waals surface area (Å²) in [5.74, 6) is -0.538. The van der Waals surface area contributed by atoms with Gasteiger partial charge in [-0.1, -0.05) is 0 Å². The number of ether oxygens (including phenoxy) is 1. The van der Waals surface area contributed by atoms with Gasteiger partial charge in [0.05, 0.1) is 24.9 Å². The van der Waals surface area contributed by atoms with Gasteiger partial charge in [0.25, 0.3) is 0 Å². The van der Waals surface area contributed by atoms with Gasteiger partial charge in [0.1, 0.15) is 5.75 Å². The molecule has 1 fully saturated rings. The van der Waals surface area contributed by atoms with Crippen LogP contribution < -0.4 is 10.1 Å². The lowest BCUT2D eigenvalue weighted by molar-refractivity contribution is -0.144. The second-order valence-corrected chi connectivity index (χ2v) is 5.91. The first kappa shape index (κ1) is 20.8. The molecule has 10 heteroatoms. The number of halogens is 7. The fourth-order valence-corrected chi connectivity index (χ4v) is 3.14. The number of benzene rings is 1. The number of piperazine rings is 1. The van der Waals surface area contributed by atoms with Crippen LogP contribution in [0.1, 0.15) is 29.2 Å². The van der Waals surface area contributed by atoms with Gasteiger partial charge in [-0.05, 0) is 18.6 Å². The SMILES string of the molecule is COc1cc(C(F)(F)F)cc(C(F)(F)F)c1[C@H](CCF)N1CCNCC1. The van der Waals surface area contributed by atoms with Crippen molar-refractivity contribution in [1.82, 2.24) is 10.2 Å². The third kappa shape index (κ3) is 4.59. The molecule has 1 aromatic carbocycles. The summed E-state index contributed by atoms with van der Waals surface area (Å²) in [4.78, 5) is 1.64. The van der Waals surface area contributed by atoms with Gasteiger partial charge >= 0.3 is 12.4 Å². The molecule has 0 aliphatic carbocycles. The topological polar surface area (TPSA) is 24.5 Å². The van der Waals surface area contributed by atoms with E-state index in [9.17, 15) is 30.7 Å². The standard InChI is InChI=1S/C16H19F7N2O/c1-26-13-9-10(15(18,19)20)8-11(16(21,22)23)14(13)12(2-3-17)25-6-4-24-5-7-25/h8-9,12,24H,2-7H2,1H3/t12-/m0/s1. The minimum Gasteiger partial charge on any atom is -0.496 e. The van der Waals surface area contributed by atoms with E-state index in [1.807, 2.05) is 0 Å². The fourth-order valence-electron chi connectivity index (χ4n) is 3.14. The molecule has 1 aliphatic rings. The fraction of sp³-hybridized carbons (Fsp3) is 0.625. The van der Waals surface area contributed by atoms with Crippen molar-refractivity contribution in [3.63, 3.8) is 0 Å². The van der Waals surface area contributed by atoms with Gasteiger partial charge in [-0.25, -0.2) is 0 Å². The highest BCUT2D eigenvalue weighted by Gasteiger charge is 2.42. The normalized spacial score (nSPS) is 18.0. The molecule has 0 saturated carbocycles. The Morgan fingerprint density at radius 2 is 1.69 bits per heavy atom. The van der Waals surface area contributed by atoms with Crippen molar-refractivity contribution in [3.05, 3.63) is 28.8 Å². The Morgan fingerprint density at radius 3 is 2.15 bits per heavy atom. The average molecular weight is 388 g/mol. The molecule has 0 spiro atoms. The zero-order valence-electron chi connectivity index (χ0n) is 14.0. The Hall–Kier alpha value is -1.55. The molecule has 0 amide bonds. The quantitative estimate of drug-likeness (QED) is 0.771. The number of hydrogen-bond donors (Lipinski definition) is 1. The lowest BCUT2D eigenvalue weighted by Gasteiger charge is -2.36. The maximum absolute atomic E-state index is 13.6. The van der Waals surface area contributed by atoms with Crippen molar-refractivity contribution in [1.29, 1.82) is 0 Å². The lowest BCUT2D eigenvalue weighted by atomic mass is 9.92. The van der Waals surface area contributed by atoms with Crippen molar-refractivity contribution in [2.24, 2.45) is 0 Å². The summed E-state index contributed by atoms with van der Waals surface area (Å²) in [5.41, 5.74) is -3.35. The summed E-state index contributed by atoms with van der Waals surface area (Å²) >= 11 is 0. The van der Waals surface area contributed by atoms with Crippen molar-refractivity contribution in [2.45, 2.75) is 24.8 Å². The number of methoxy groups -OCH3 is 1. The zero-order valence-corrected chi connectivity index (χ0v) is 14.0. The third-order valence-electron chi connectivity index (χ3n) is 4.30. The molecule has 26 heavy (non-hydrogen) atoms. The Morgan fingerprint density at radius 1 is 1.08 bits per heavy atom. The first-order valence-electron chi connectivity index (χ1n) is 7.96. The van der Waals surface area contributed by atoms with E-state index in [1.54, 1.807) is 4.90 Å². The van der Waals surface area contributed by atoms with Crippen LogP contribution in [0, 0.1) is 0 Å². The molecule has 3 nitrogen and oxygen atoms in total. The van der Waals surface area contributed by atoms with Crippen LogP contribution in [0.15, 0.2) is 12.1 Å². The number of hydrogen-bond acceptors (Lipinski definition) is 3. The third-order valence-corrected chi connectivity index (χ3v) is 4.30. The van der Waals surface area contributed by atoms with Crippen LogP contribution in [0.4, 0.5) is 30.7 Å². The van der Waals surface area contributed by atoms with Crippen LogP contribution in [0.2, 0.25) is 0 Å². The molecule has 1 N–H and O–H groups in total. The van der Waals surface area contributed by atoms with E-state index in [-0.39, 0.29) is 12.5 Å². The van der Waals surface area contributed by atoms with Gasteiger partial charge in [0.2, 0.25) is 0 Å². The largest absolute Gasteiger partial charge is 0.496 e. The van der Waals surface area contributed by atoms with E-state index < -0.39 is 47.5 Å². The van der Waals surface area contributed by atoms with Crippen LogP contribution in [0.25, 0.3) is 0 Å². The van der Waals surface area contributed by atoms with Gasteiger partial charge in [-0.2, -0.15) is 26.3 Å². The predicted molar refractivity (Wildman–Crippen MR) is 80.8 cm³/mol. The molecule has 148 valence electrons. The predicted octanol–water partition coefficient (Wildman–Crippen LogP) is 4.04. The van der Waals surface area contributed by atoms with E-state index in [2.05, 4.69) is 5.32 Å². The number of alkyl halides is 7. The summed E-state index contributed by atoms with van der Waals surface area (Å²) < 4.78 is 97.6. The van der Waals surface area contributed by atoms with Crippen molar-refractivity contribution < 1.29 is 35.5 Å². The van der Waals surface area contributed by atoms with Gasteiger partial charge in [-0.3, -0.25) is 9.29 Å². The highest BCUT2D eigenvalue weighted by molar-refractivity contribution is 5.48. The minimum atomic E-state index is -5.04. The van der Waals surface area contributed by atoms with Crippen LogP contribution in [-0.2, 0) is 12.4 Å². The second kappa shape index (κ2) is 7.99. The summed E-state index contributed by atoms with van der Waals surface area (Å²) in [7, 11) is 1.00. The minimum absolute atomic E-state index is 0.0747. The Kier molecular flexibility index (Phi) is 6.38. The summed E-state index contributed by atoms with van der Waals surface area (Å²) in [6.45, 7) is 0.786. The van der Waals surface area contributed by atoms with E-state index in [0.29, 0.717) is 32.2 Å². The maximum Gasteiger partial charge on any atom is 0.416 e. The average Bonchev–Trinajstić information content (AvgIpc) is 2.57. The van der Waals surface area contributed by atoms with Crippen molar-refractivity contribution in [2.75, 3.05) is 40.0 Å². The Balaban J connectivity index is 2.66. The molecular formula is C16H19F7N2O. The van der Waals surface area contributed by atoms with E-state index in [4.69, 9.17) is 4.74 Å². The number of nitrogens with one attached hydrogen (secondary N) is 1. The van der Waals surface area contributed by atoms with E-state index in [1.165, 1.54) is 0 Å². The summed E-state index contributed by atoms with van der Waals surface area (Å²) in [5, 5.41) is 3.03. The molecule has 1 aliphatic heterocycles. The number of rotatable bonds is 5. The first-order valence-corrected chi connectivity index (χ1v) is 7.96. The van der Waals surface area contributed by atoms with Crippen LogP contribution in [-0.4, -0.2) is 44.9 Å². The monoisotopic (exact) mass is 388 g/mol. The molecular weight excluding hydrogens is 369 g/mol. The van der Waals surface area contributed by atoms with Crippen LogP contribution in [0.3, 0.4) is 0 Å². The highest BCUT2D eigenvalue weighted by Crippen LogP contribution is 2.45. The molecule has 0 radical (unpaired) electrons. The maximum atomic E-state index is 13.6. The molecule has 0 unspecified atom stereocenters. The van der Waals surface area contributed by atoms with E-state index in [0.717, 1.165) is 7.11 Å². The lowest BCUT2D eigenvalue weighted by Crippen LogP contribution is -2.45. The highest BCUT2D eigenvalue weighted by atomic mass is 19.4. The first-order chi connectivity index (χ1) is 12.1. The van der Waals surface area contributed by atoms with E-state index >= 15 is 0 Å². The molecule has 0 bridgehead atoms. The van der Waals surface area contributed by atoms with Gasteiger partial charge in [0.15, 0.2) is 0 Å². The Labute approximate surface area is 146 Å². The Bertz CT molecular complexity index is 610. The smallest absolute Gasteiger partial charge is 0.416 e. The molecule has 0 aromatic heterocycles. The van der Waals surface area contributed by atoms with Crippen LogP contribution >= 0.6 is 0 Å². The van der Waals surface area contributed by atoms with Gasteiger partial charge < -0.3 is 10.1 Å². The molecule has 1 saturated heterocycles. The molecule has 1 heterocycles. The zero-order chi connectivity index (χ0) is 19.5. The number of nitrogens with zero attached hydrogens (tertiary/aromatic N) is 1. The molecule has 2 rings (SSSR count).